The third kappa shape index (κ3) is 3.61. The van der Waals surface area contributed by atoms with Crippen LogP contribution in [0.2, 0.25) is 0 Å². The standard InChI is InChI=1S/C14H20N2O3/c1-15-11-4-5-13(12(10-11)14(17)18)19-9-8-16-6-2-3-7-16/h4-5,10,15H,2-3,6-9H2,1H3,(H,17,18). The van der Waals surface area contributed by atoms with Crippen molar-refractivity contribution < 1.29 is 14.6 Å². The molecule has 19 heavy (non-hydrogen) atoms. The van der Waals surface area contributed by atoms with E-state index < -0.39 is 5.97 Å². The maximum atomic E-state index is 11.2. The Morgan fingerprint density at radius 2 is 2.16 bits per heavy atom. The second-order valence-electron chi connectivity index (χ2n) is 4.66. The Balaban J connectivity index is 1.96. The number of rotatable bonds is 6. The van der Waals surface area contributed by atoms with E-state index in [1.807, 2.05) is 6.07 Å². The summed E-state index contributed by atoms with van der Waals surface area (Å²) in [4.78, 5) is 13.5. The highest BCUT2D eigenvalue weighted by molar-refractivity contribution is 5.92. The molecule has 1 aromatic carbocycles. The molecule has 1 aliphatic heterocycles. The third-order valence-electron chi connectivity index (χ3n) is 3.36. The molecule has 1 aromatic rings. The lowest BCUT2D eigenvalue weighted by Gasteiger charge is -2.16. The monoisotopic (exact) mass is 264 g/mol. The topological polar surface area (TPSA) is 61.8 Å². The van der Waals surface area contributed by atoms with E-state index in [0.717, 1.165) is 25.3 Å². The highest BCUT2D eigenvalue weighted by atomic mass is 16.5. The van der Waals surface area contributed by atoms with Gasteiger partial charge in [0.05, 0.1) is 0 Å². The molecule has 1 saturated heterocycles. The number of carbonyl (C=O) groups is 1. The molecule has 1 heterocycles. The van der Waals surface area contributed by atoms with E-state index in [4.69, 9.17) is 4.74 Å². The summed E-state index contributed by atoms with van der Waals surface area (Å²) in [5.41, 5.74) is 0.970. The van der Waals surface area contributed by atoms with Crippen LogP contribution < -0.4 is 10.1 Å². The SMILES string of the molecule is CNc1ccc(OCCN2CCCC2)c(C(=O)O)c1. The zero-order valence-electron chi connectivity index (χ0n) is 11.2. The Morgan fingerprint density at radius 3 is 2.79 bits per heavy atom. The predicted octanol–water partition coefficient (Wildman–Crippen LogP) is 1.90. The van der Waals surface area contributed by atoms with Gasteiger partial charge in [-0.1, -0.05) is 0 Å². The Hall–Kier alpha value is -1.75. The Morgan fingerprint density at radius 1 is 1.42 bits per heavy atom. The number of anilines is 1. The summed E-state index contributed by atoms with van der Waals surface area (Å²) < 4.78 is 5.61. The van der Waals surface area contributed by atoms with E-state index in [1.54, 1.807) is 19.2 Å². The Kier molecular flexibility index (Phi) is 4.63. The maximum absolute atomic E-state index is 11.2. The van der Waals surface area contributed by atoms with Gasteiger partial charge in [0.25, 0.3) is 0 Å². The number of benzene rings is 1. The Labute approximate surface area is 113 Å². The van der Waals surface area contributed by atoms with Crippen LogP contribution in [0, 0.1) is 0 Å². The van der Waals surface area contributed by atoms with Crippen LogP contribution in [0.5, 0.6) is 5.75 Å². The van der Waals surface area contributed by atoms with Gasteiger partial charge in [-0.2, -0.15) is 0 Å². The first-order valence-electron chi connectivity index (χ1n) is 6.61. The summed E-state index contributed by atoms with van der Waals surface area (Å²) in [7, 11) is 1.76. The predicted molar refractivity (Wildman–Crippen MR) is 74.1 cm³/mol. The average Bonchev–Trinajstić information content (AvgIpc) is 2.92. The number of hydrogen-bond donors (Lipinski definition) is 2. The van der Waals surface area contributed by atoms with Crippen molar-refractivity contribution >= 4 is 11.7 Å². The minimum atomic E-state index is -0.965. The zero-order valence-corrected chi connectivity index (χ0v) is 11.2. The van der Waals surface area contributed by atoms with Crippen LogP contribution in [-0.2, 0) is 0 Å². The van der Waals surface area contributed by atoms with Crippen molar-refractivity contribution in [3.05, 3.63) is 23.8 Å². The molecular formula is C14H20N2O3. The second kappa shape index (κ2) is 6.43. The van der Waals surface area contributed by atoms with Gasteiger partial charge in [0, 0.05) is 19.3 Å². The van der Waals surface area contributed by atoms with Gasteiger partial charge in [-0.3, -0.25) is 4.90 Å². The summed E-state index contributed by atoms with van der Waals surface area (Å²) in [6, 6.07) is 5.12. The smallest absolute Gasteiger partial charge is 0.339 e. The van der Waals surface area contributed by atoms with Crippen LogP contribution >= 0.6 is 0 Å². The molecule has 0 saturated carbocycles. The number of nitrogens with zero attached hydrogens (tertiary/aromatic N) is 1. The van der Waals surface area contributed by atoms with E-state index in [2.05, 4.69) is 10.2 Å². The molecule has 1 fully saturated rings. The van der Waals surface area contributed by atoms with Crippen molar-refractivity contribution in [2.75, 3.05) is 38.6 Å². The summed E-state index contributed by atoms with van der Waals surface area (Å²) in [6.07, 6.45) is 2.49. The molecule has 0 bridgehead atoms. The molecule has 0 aliphatic carbocycles. The van der Waals surface area contributed by atoms with Crippen molar-refractivity contribution in [2.45, 2.75) is 12.8 Å². The minimum absolute atomic E-state index is 0.202. The van der Waals surface area contributed by atoms with Gasteiger partial charge in [-0.15, -0.1) is 0 Å². The van der Waals surface area contributed by atoms with E-state index in [9.17, 15) is 9.90 Å². The fourth-order valence-corrected chi connectivity index (χ4v) is 2.27. The first kappa shape index (κ1) is 13.7. The van der Waals surface area contributed by atoms with Gasteiger partial charge in [-0.25, -0.2) is 4.79 Å². The van der Waals surface area contributed by atoms with Crippen molar-refractivity contribution in [3.63, 3.8) is 0 Å². The van der Waals surface area contributed by atoms with Gasteiger partial charge in [-0.05, 0) is 44.1 Å². The number of carboxylic acid groups (broad SMARTS) is 1. The Bertz CT molecular complexity index is 442. The lowest BCUT2D eigenvalue weighted by Crippen LogP contribution is -2.25. The molecule has 0 unspecified atom stereocenters. The summed E-state index contributed by atoms with van der Waals surface area (Å²) in [5, 5.41) is 12.1. The molecule has 5 nitrogen and oxygen atoms in total. The molecule has 2 N–H and O–H groups in total. The molecule has 2 rings (SSSR count). The van der Waals surface area contributed by atoms with Gasteiger partial charge >= 0.3 is 5.97 Å². The maximum Gasteiger partial charge on any atom is 0.339 e. The normalized spacial score (nSPS) is 15.4. The molecule has 104 valence electrons. The summed E-state index contributed by atoms with van der Waals surface area (Å²) in [5.74, 6) is -0.529. The first-order chi connectivity index (χ1) is 9.20. The minimum Gasteiger partial charge on any atom is -0.491 e. The number of likely N-dealkylation sites (tertiary alicyclic amines) is 1. The molecule has 0 amide bonds. The average molecular weight is 264 g/mol. The molecule has 5 heteroatoms. The van der Waals surface area contributed by atoms with Gasteiger partial charge < -0.3 is 15.2 Å². The highest BCUT2D eigenvalue weighted by Gasteiger charge is 2.14. The van der Waals surface area contributed by atoms with Crippen molar-refractivity contribution in [1.82, 2.24) is 4.90 Å². The van der Waals surface area contributed by atoms with Crippen molar-refractivity contribution in [3.8, 4) is 5.75 Å². The number of nitrogens with one attached hydrogen (secondary N) is 1. The van der Waals surface area contributed by atoms with E-state index >= 15 is 0 Å². The quantitative estimate of drug-likeness (QED) is 0.821. The van der Waals surface area contributed by atoms with Crippen LogP contribution in [0.15, 0.2) is 18.2 Å². The van der Waals surface area contributed by atoms with Crippen molar-refractivity contribution in [1.29, 1.82) is 0 Å². The van der Waals surface area contributed by atoms with E-state index in [-0.39, 0.29) is 5.56 Å². The number of aromatic carboxylic acids is 1. The van der Waals surface area contributed by atoms with Crippen LogP contribution in [0.4, 0.5) is 5.69 Å². The number of hydrogen-bond acceptors (Lipinski definition) is 4. The second-order valence-corrected chi connectivity index (χ2v) is 4.66. The largest absolute Gasteiger partial charge is 0.491 e. The molecule has 1 aliphatic rings. The lowest BCUT2D eigenvalue weighted by molar-refractivity contribution is 0.0692. The summed E-state index contributed by atoms with van der Waals surface area (Å²) >= 11 is 0. The fraction of sp³-hybridized carbons (Fsp3) is 0.500. The fourth-order valence-electron chi connectivity index (χ4n) is 2.27. The van der Waals surface area contributed by atoms with E-state index in [1.165, 1.54) is 12.8 Å². The lowest BCUT2D eigenvalue weighted by atomic mass is 10.2. The van der Waals surface area contributed by atoms with Gasteiger partial charge in [0.2, 0.25) is 0 Å². The molecule has 0 radical (unpaired) electrons. The molecular weight excluding hydrogens is 244 g/mol. The molecule has 0 atom stereocenters. The van der Waals surface area contributed by atoms with Crippen LogP contribution in [-0.4, -0.2) is 49.3 Å². The number of carboxylic acids is 1. The van der Waals surface area contributed by atoms with Gasteiger partial charge in [0.15, 0.2) is 0 Å². The van der Waals surface area contributed by atoms with Crippen LogP contribution in [0.25, 0.3) is 0 Å². The van der Waals surface area contributed by atoms with E-state index in [0.29, 0.717) is 12.4 Å². The first-order valence-corrected chi connectivity index (χ1v) is 6.61. The van der Waals surface area contributed by atoms with Crippen molar-refractivity contribution in [2.24, 2.45) is 0 Å². The molecule has 0 aromatic heterocycles. The highest BCUT2D eigenvalue weighted by Crippen LogP contribution is 2.23. The third-order valence-corrected chi connectivity index (χ3v) is 3.36. The summed E-state index contributed by atoms with van der Waals surface area (Å²) in [6.45, 7) is 3.62. The number of ether oxygens (including phenoxy) is 1. The van der Waals surface area contributed by atoms with Crippen LogP contribution in [0.3, 0.4) is 0 Å². The molecule has 0 spiro atoms. The van der Waals surface area contributed by atoms with Gasteiger partial charge in [0.1, 0.15) is 17.9 Å². The van der Waals surface area contributed by atoms with Crippen LogP contribution in [0.1, 0.15) is 23.2 Å². The zero-order chi connectivity index (χ0) is 13.7.